The van der Waals surface area contributed by atoms with Crippen molar-refractivity contribution in [2.45, 2.75) is 20.8 Å². The molecule has 154 valence electrons. The Morgan fingerprint density at radius 2 is 2.00 bits per heavy atom. The molecule has 5 nitrogen and oxygen atoms in total. The summed E-state index contributed by atoms with van der Waals surface area (Å²) in [6.45, 7) is 10.2. The Morgan fingerprint density at radius 3 is 2.69 bits per heavy atom. The molecule has 0 aliphatic heterocycles. The van der Waals surface area contributed by atoms with Crippen molar-refractivity contribution in [1.82, 2.24) is 9.88 Å². The summed E-state index contributed by atoms with van der Waals surface area (Å²) < 4.78 is 6.62. The Bertz CT molecular complexity index is 946. The van der Waals surface area contributed by atoms with E-state index in [0.717, 1.165) is 45.6 Å². The van der Waals surface area contributed by atoms with Gasteiger partial charge in [-0.05, 0) is 55.7 Å². The summed E-state index contributed by atoms with van der Waals surface area (Å²) in [5.41, 5.74) is 0.885. The molecule has 3 rings (SSSR count). The summed E-state index contributed by atoms with van der Waals surface area (Å²) >= 11 is 3.14. The first kappa shape index (κ1) is 21.5. The van der Waals surface area contributed by atoms with E-state index in [1.54, 1.807) is 22.3 Å². The van der Waals surface area contributed by atoms with Gasteiger partial charge in [0, 0.05) is 24.0 Å². The number of nitrogens with zero attached hydrogens (tertiary/aromatic N) is 3. The minimum Gasteiger partial charge on any atom is -0.494 e. The predicted octanol–water partition coefficient (Wildman–Crippen LogP) is 5.14. The van der Waals surface area contributed by atoms with Crippen molar-refractivity contribution < 1.29 is 9.53 Å². The van der Waals surface area contributed by atoms with Gasteiger partial charge in [0.25, 0.3) is 5.91 Å². The quantitative estimate of drug-likeness (QED) is 0.418. The third-order valence-corrected chi connectivity index (χ3v) is 6.50. The minimum atomic E-state index is -0.0466. The SMILES string of the molecule is CCOc1ccc2nc(N(CCN(CC)CC)C(=O)/C=C/c3cccs3)sc2c1. The Kier molecular flexibility index (Phi) is 7.80. The van der Waals surface area contributed by atoms with E-state index in [-0.39, 0.29) is 5.91 Å². The van der Waals surface area contributed by atoms with Crippen LogP contribution in [0, 0.1) is 0 Å². The van der Waals surface area contributed by atoms with Crippen LogP contribution in [0.4, 0.5) is 5.13 Å². The van der Waals surface area contributed by atoms with Gasteiger partial charge in [-0.2, -0.15) is 0 Å². The molecule has 0 atom stereocenters. The second-order valence-electron chi connectivity index (χ2n) is 6.42. The first-order chi connectivity index (χ1) is 14.1. The van der Waals surface area contributed by atoms with Crippen molar-refractivity contribution in [3.05, 3.63) is 46.7 Å². The largest absolute Gasteiger partial charge is 0.494 e. The van der Waals surface area contributed by atoms with Crippen LogP contribution in [0.5, 0.6) is 5.75 Å². The van der Waals surface area contributed by atoms with Gasteiger partial charge in [0.05, 0.1) is 16.8 Å². The lowest BCUT2D eigenvalue weighted by Gasteiger charge is -2.23. The molecule has 0 aliphatic carbocycles. The van der Waals surface area contributed by atoms with Gasteiger partial charge in [0.15, 0.2) is 5.13 Å². The highest BCUT2D eigenvalue weighted by atomic mass is 32.1. The minimum absolute atomic E-state index is 0.0466. The zero-order valence-electron chi connectivity index (χ0n) is 17.1. The Hall–Kier alpha value is -2.22. The topological polar surface area (TPSA) is 45.7 Å². The van der Waals surface area contributed by atoms with Crippen LogP contribution >= 0.6 is 22.7 Å². The van der Waals surface area contributed by atoms with Crippen molar-refractivity contribution in [2.75, 3.05) is 37.7 Å². The summed E-state index contributed by atoms with van der Waals surface area (Å²) in [7, 11) is 0. The molecule has 1 amide bonds. The maximum Gasteiger partial charge on any atom is 0.252 e. The summed E-state index contributed by atoms with van der Waals surface area (Å²) in [6, 6.07) is 9.86. The molecule has 0 radical (unpaired) electrons. The van der Waals surface area contributed by atoms with Gasteiger partial charge < -0.3 is 9.64 Å². The average molecular weight is 430 g/mol. The maximum absolute atomic E-state index is 13.0. The molecule has 0 spiro atoms. The Balaban J connectivity index is 1.86. The Labute approximate surface area is 180 Å². The van der Waals surface area contributed by atoms with Crippen molar-refractivity contribution >= 4 is 50.0 Å². The van der Waals surface area contributed by atoms with Crippen LogP contribution in [0.2, 0.25) is 0 Å². The summed E-state index contributed by atoms with van der Waals surface area (Å²) in [5.74, 6) is 0.781. The number of carbonyl (C=O) groups excluding carboxylic acids is 1. The van der Waals surface area contributed by atoms with Crippen molar-refractivity contribution in [3.63, 3.8) is 0 Å². The molecule has 0 saturated carbocycles. The molecule has 0 aliphatic rings. The number of thiophene rings is 1. The summed E-state index contributed by atoms with van der Waals surface area (Å²) in [6.07, 6.45) is 3.52. The highest BCUT2D eigenvalue weighted by Crippen LogP contribution is 2.31. The van der Waals surface area contributed by atoms with Gasteiger partial charge in [0.2, 0.25) is 0 Å². The van der Waals surface area contributed by atoms with Crippen LogP contribution in [0.25, 0.3) is 16.3 Å². The molecule has 7 heteroatoms. The lowest BCUT2D eigenvalue weighted by atomic mass is 10.3. The summed E-state index contributed by atoms with van der Waals surface area (Å²) in [5, 5.41) is 2.73. The molecule has 2 heterocycles. The van der Waals surface area contributed by atoms with Gasteiger partial charge in [-0.1, -0.05) is 31.3 Å². The molecule has 2 aromatic heterocycles. The fourth-order valence-corrected chi connectivity index (χ4v) is 4.62. The van der Waals surface area contributed by atoms with E-state index in [1.165, 1.54) is 11.3 Å². The molecule has 0 N–H and O–H groups in total. The van der Waals surface area contributed by atoms with E-state index in [4.69, 9.17) is 9.72 Å². The molecule has 3 aromatic rings. The molecular weight excluding hydrogens is 402 g/mol. The number of benzene rings is 1. The molecule has 0 bridgehead atoms. The molecule has 1 aromatic carbocycles. The van der Waals surface area contributed by atoms with E-state index in [1.807, 2.05) is 48.7 Å². The number of hydrogen-bond acceptors (Lipinski definition) is 6. The van der Waals surface area contributed by atoms with Gasteiger partial charge in [-0.15, -0.1) is 11.3 Å². The van der Waals surface area contributed by atoms with Crippen LogP contribution in [0.1, 0.15) is 25.6 Å². The third-order valence-electron chi connectivity index (χ3n) is 4.62. The van der Waals surface area contributed by atoms with Gasteiger partial charge in [-0.3, -0.25) is 9.69 Å². The van der Waals surface area contributed by atoms with Gasteiger partial charge in [-0.25, -0.2) is 4.98 Å². The van der Waals surface area contributed by atoms with Gasteiger partial charge >= 0.3 is 0 Å². The van der Waals surface area contributed by atoms with Crippen LogP contribution in [-0.2, 0) is 4.79 Å². The number of fused-ring (bicyclic) bond motifs is 1. The van der Waals surface area contributed by atoms with E-state index in [2.05, 4.69) is 18.7 Å². The Morgan fingerprint density at radius 1 is 1.17 bits per heavy atom. The number of rotatable bonds is 10. The molecule has 0 unspecified atom stereocenters. The fraction of sp³-hybridized carbons (Fsp3) is 0.364. The second-order valence-corrected chi connectivity index (χ2v) is 8.41. The number of amides is 1. The lowest BCUT2D eigenvalue weighted by molar-refractivity contribution is -0.114. The molecule has 0 saturated heterocycles. The number of hydrogen-bond donors (Lipinski definition) is 0. The monoisotopic (exact) mass is 429 g/mol. The van der Waals surface area contributed by atoms with Crippen LogP contribution in [0.15, 0.2) is 41.8 Å². The molecule has 29 heavy (non-hydrogen) atoms. The normalized spacial score (nSPS) is 11.6. The van der Waals surface area contributed by atoms with E-state index >= 15 is 0 Å². The number of likely N-dealkylation sites (N-methyl/N-ethyl adjacent to an activating group) is 1. The molecular formula is C22H27N3O2S2. The fourth-order valence-electron chi connectivity index (χ4n) is 2.98. The van der Waals surface area contributed by atoms with Crippen molar-refractivity contribution in [1.29, 1.82) is 0 Å². The average Bonchev–Trinajstić information content (AvgIpc) is 3.39. The van der Waals surface area contributed by atoms with Crippen LogP contribution < -0.4 is 9.64 Å². The zero-order valence-corrected chi connectivity index (χ0v) is 18.8. The lowest BCUT2D eigenvalue weighted by Crippen LogP contribution is -2.38. The highest BCUT2D eigenvalue weighted by molar-refractivity contribution is 7.22. The highest BCUT2D eigenvalue weighted by Gasteiger charge is 2.19. The van der Waals surface area contributed by atoms with Gasteiger partial charge in [0.1, 0.15) is 5.75 Å². The van der Waals surface area contributed by atoms with E-state index in [0.29, 0.717) is 13.2 Å². The summed E-state index contributed by atoms with van der Waals surface area (Å²) in [4.78, 5) is 22.9. The number of anilines is 1. The zero-order chi connectivity index (χ0) is 20.6. The first-order valence-corrected chi connectivity index (χ1v) is 11.6. The first-order valence-electron chi connectivity index (χ1n) is 9.93. The smallest absolute Gasteiger partial charge is 0.252 e. The maximum atomic E-state index is 13.0. The standard InChI is InChI=1S/C22H27N3O2S2/c1-4-24(5-2)13-14-25(21(26)12-10-18-8-7-15-28-18)22-23-19-11-9-17(27-6-3)16-20(19)29-22/h7-12,15-16H,4-6,13-14H2,1-3H3/b12-10+. The van der Waals surface area contributed by atoms with E-state index < -0.39 is 0 Å². The van der Waals surface area contributed by atoms with Crippen molar-refractivity contribution in [2.24, 2.45) is 0 Å². The van der Waals surface area contributed by atoms with Crippen LogP contribution in [-0.4, -0.2) is 48.6 Å². The van der Waals surface area contributed by atoms with Crippen LogP contribution in [0.3, 0.4) is 0 Å². The number of carbonyl (C=O) groups is 1. The third kappa shape index (κ3) is 5.65. The predicted molar refractivity (Wildman–Crippen MR) is 124 cm³/mol. The number of aromatic nitrogens is 1. The number of thiazole rings is 1. The van der Waals surface area contributed by atoms with E-state index in [9.17, 15) is 4.79 Å². The second kappa shape index (κ2) is 10.5. The van der Waals surface area contributed by atoms with Crippen molar-refractivity contribution in [3.8, 4) is 5.75 Å². The number of ether oxygens (including phenoxy) is 1. The molecule has 0 fully saturated rings.